The quantitative estimate of drug-likeness (QED) is 0.640. The summed E-state index contributed by atoms with van der Waals surface area (Å²) in [5.41, 5.74) is 0. The molecule has 0 heterocycles. The molecule has 0 aliphatic rings. The Kier molecular flexibility index (Phi) is 40.9. The third-order valence-electron chi connectivity index (χ3n) is 1.21. The number of rotatable bonds is 0. The third-order valence-corrected chi connectivity index (χ3v) is 1.79. The molecule has 0 aromatic rings. The number of hydrogen-bond acceptors (Lipinski definition) is 8. The SMILES string of the molecule is CC(C)=O.CNC(C)=O.COC(C)=O.COC(C)=O.CSC(C)=O. The normalized spacial score (nSPS) is 6.92. The van der Waals surface area contributed by atoms with E-state index in [1.54, 1.807) is 20.2 Å². The zero-order valence-corrected chi connectivity index (χ0v) is 17.1. The molecule has 0 atom stereocenters. The lowest BCUT2D eigenvalue weighted by atomic mass is 10.6. The first-order chi connectivity index (χ1) is 10.8. The summed E-state index contributed by atoms with van der Waals surface area (Å²) >= 11 is 1.24. The van der Waals surface area contributed by atoms with Gasteiger partial charge in [0.1, 0.15) is 5.78 Å². The van der Waals surface area contributed by atoms with Crippen molar-refractivity contribution >= 4 is 40.5 Å². The molecule has 8 nitrogen and oxygen atoms in total. The minimum absolute atomic E-state index is 0.00463. The highest BCUT2D eigenvalue weighted by atomic mass is 32.2. The molecule has 0 spiro atoms. The molecule has 0 aromatic heterocycles. The number of methoxy groups -OCH3 is 2. The highest BCUT2D eigenvalue weighted by molar-refractivity contribution is 8.12. The van der Waals surface area contributed by atoms with Crippen LogP contribution in [0.1, 0.15) is 41.5 Å². The second-order valence-electron chi connectivity index (χ2n) is 3.80. The van der Waals surface area contributed by atoms with Gasteiger partial charge in [0.15, 0.2) is 5.12 Å². The summed E-state index contributed by atoms with van der Waals surface area (Å²) in [4.78, 5) is 48.1. The molecule has 0 saturated carbocycles. The summed E-state index contributed by atoms with van der Waals surface area (Å²) in [5, 5.41) is 2.56. The molecule has 9 heteroatoms. The molecule has 144 valence electrons. The summed E-state index contributed by atoms with van der Waals surface area (Å²) in [7, 11) is 4.30. The fraction of sp³-hybridized carbons (Fsp3) is 0.667. The topological polar surface area (TPSA) is 116 Å². The average Bonchev–Trinajstić information content (AvgIpc) is 2.48. The van der Waals surface area contributed by atoms with E-state index in [4.69, 9.17) is 0 Å². The second kappa shape index (κ2) is 29.2. The number of carbonyl (C=O) groups excluding carboxylic acids is 5. The number of hydrogen-bond donors (Lipinski definition) is 1. The molecule has 0 aliphatic heterocycles. The van der Waals surface area contributed by atoms with E-state index >= 15 is 0 Å². The lowest BCUT2D eigenvalue weighted by Gasteiger charge is -1.80. The number of amides is 1. The van der Waals surface area contributed by atoms with Crippen LogP contribution in [-0.4, -0.2) is 56.3 Å². The van der Waals surface area contributed by atoms with Crippen LogP contribution in [0.3, 0.4) is 0 Å². The Labute approximate surface area is 149 Å². The van der Waals surface area contributed by atoms with Crippen molar-refractivity contribution in [3.05, 3.63) is 0 Å². The van der Waals surface area contributed by atoms with Crippen molar-refractivity contribution in [1.82, 2.24) is 5.32 Å². The van der Waals surface area contributed by atoms with Crippen molar-refractivity contribution in [2.75, 3.05) is 27.5 Å². The number of ether oxygens (including phenoxy) is 2. The molecule has 0 unspecified atom stereocenters. The summed E-state index contributed by atoms with van der Waals surface area (Å²) in [6.07, 6.45) is 1.77. The summed E-state index contributed by atoms with van der Waals surface area (Å²) < 4.78 is 8.22. The van der Waals surface area contributed by atoms with Crippen LogP contribution in [0, 0.1) is 0 Å². The number of thioether (sulfide) groups is 1. The van der Waals surface area contributed by atoms with Crippen molar-refractivity contribution in [2.24, 2.45) is 0 Å². The van der Waals surface area contributed by atoms with E-state index in [1.165, 1.54) is 60.6 Å². The molecule has 0 bridgehead atoms. The number of nitrogens with one attached hydrogen (secondary N) is 1. The first kappa shape index (κ1) is 33.6. The van der Waals surface area contributed by atoms with Crippen molar-refractivity contribution in [1.29, 1.82) is 0 Å². The van der Waals surface area contributed by atoms with Crippen molar-refractivity contribution < 1.29 is 33.4 Å². The fourth-order valence-electron chi connectivity index (χ4n) is 0. The molecule has 1 N–H and O–H groups in total. The van der Waals surface area contributed by atoms with E-state index in [9.17, 15) is 24.0 Å². The van der Waals surface area contributed by atoms with Gasteiger partial charge in [-0.05, 0) is 20.1 Å². The van der Waals surface area contributed by atoms with Crippen LogP contribution in [-0.2, 0) is 33.4 Å². The standard InChI is InChI=1S/C3H7NO.2C3H6O2.C3H6OS.C3H6O/c1-3(5)4-2;3*1-3(4)5-2;1-3(2)4/h1-2H3,(H,4,5);3*1-2H3;1-2H3. The Morgan fingerprint density at radius 3 is 0.875 bits per heavy atom. The van der Waals surface area contributed by atoms with Crippen molar-refractivity contribution in [3.8, 4) is 0 Å². The maximum atomic E-state index is 9.78. The minimum atomic E-state index is -0.245. The van der Waals surface area contributed by atoms with Crippen LogP contribution in [0.25, 0.3) is 0 Å². The summed E-state index contributed by atoms with van der Waals surface area (Å²) in [6.45, 7) is 8.80. The summed E-state index contributed by atoms with van der Waals surface area (Å²) in [6, 6.07) is 0. The van der Waals surface area contributed by atoms with Crippen LogP contribution < -0.4 is 5.32 Å². The maximum absolute atomic E-state index is 9.78. The van der Waals surface area contributed by atoms with E-state index in [-0.39, 0.29) is 28.7 Å². The Bertz CT molecular complexity index is 298. The van der Waals surface area contributed by atoms with Gasteiger partial charge in [-0.25, -0.2) is 0 Å². The average molecular weight is 369 g/mol. The molecule has 0 aliphatic carbocycles. The molecule has 0 fully saturated rings. The molecular formula is C15H31NO7S. The smallest absolute Gasteiger partial charge is 0.302 e. The lowest BCUT2D eigenvalue weighted by molar-refractivity contribution is -0.138. The van der Waals surface area contributed by atoms with Gasteiger partial charge < -0.3 is 19.6 Å². The Morgan fingerprint density at radius 2 is 0.875 bits per heavy atom. The number of Topliss-reactive ketones (excluding diaryl/α,β-unsaturated/α-hetero) is 1. The Hall–Kier alpha value is -1.90. The van der Waals surface area contributed by atoms with Crippen LogP contribution in [0.4, 0.5) is 0 Å². The van der Waals surface area contributed by atoms with Gasteiger partial charge in [-0.3, -0.25) is 19.2 Å². The van der Waals surface area contributed by atoms with E-state index in [0.717, 1.165) is 0 Å². The zero-order chi connectivity index (χ0) is 20.7. The number of esters is 2. The van der Waals surface area contributed by atoms with E-state index in [2.05, 4.69) is 14.8 Å². The predicted octanol–water partition coefficient (Wildman–Crippen LogP) is 1.60. The van der Waals surface area contributed by atoms with Gasteiger partial charge in [0, 0.05) is 34.7 Å². The van der Waals surface area contributed by atoms with Gasteiger partial charge in [0.05, 0.1) is 14.2 Å². The number of ketones is 1. The van der Waals surface area contributed by atoms with Gasteiger partial charge in [0.2, 0.25) is 5.91 Å². The Morgan fingerprint density at radius 1 is 0.750 bits per heavy atom. The largest absolute Gasteiger partial charge is 0.469 e. The van der Waals surface area contributed by atoms with Gasteiger partial charge in [-0.2, -0.15) is 0 Å². The predicted molar refractivity (Wildman–Crippen MR) is 95.7 cm³/mol. The van der Waals surface area contributed by atoms with Crippen molar-refractivity contribution in [2.45, 2.75) is 41.5 Å². The van der Waals surface area contributed by atoms with Crippen LogP contribution in [0.5, 0.6) is 0 Å². The molecule has 0 saturated heterocycles. The van der Waals surface area contributed by atoms with Gasteiger partial charge >= 0.3 is 11.9 Å². The zero-order valence-electron chi connectivity index (χ0n) is 16.3. The molecule has 0 radical (unpaired) electrons. The molecule has 0 aromatic carbocycles. The first-order valence-corrected chi connectivity index (χ1v) is 7.83. The van der Waals surface area contributed by atoms with E-state index in [1.807, 2.05) is 0 Å². The van der Waals surface area contributed by atoms with E-state index in [0.29, 0.717) is 0 Å². The highest BCUT2D eigenvalue weighted by Crippen LogP contribution is 1.88. The van der Waals surface area contributed by atoms with Gasteiger partial charge in [0.25, 0.3) is 0 Å². The van der Waals surface area contributed by atoms with Gasteiger partial charge in [-0.15, -0.1) is 0 Å². The van der Waals surface area contributed by atoms with Crippen LogP contribution >= 0.6 is 11.8 Å². The minimum Gasteiger partial charge on any atom is -0.469 e. The maximum Gasteiger partial charge on any atom is 0.302 e. The second-order valence-corrected chi connectivity index (χ2v) is 4.78. The monoisotopic (exact) mass is 369 g/mol. The van der Waals surface area contributed by atoms with E-state index < -0.39 is 0 Å². The van der Waals surface area contributed by atoms with Crippen LogP contribution in [0.15, 0.2) is 0 Å². The summed E-state index contributed by atoms with van der Waals surface area (Å²) in [5.74, 6) is -0.319. The van der Waals surface area contributed by atoms with Crippen LogP contribution in [0.2, 0.25) is 0 Å². The number of carbonyl (C=O) groups is 5. The first-order valence-electron chi connectivity index (χ1n) is 6.61. The van der Waals surface area contributed by atoms with Crippen molar-refractivity contribution in [3.63, 3.8) is 0 Å². The van der Waals surface area contributed by atoms with Gasteiger partial charge in [-0.1, -0.05) is 11.8 Å². The Balaban J connectivity index is -0.0000000628. The highest BCUT2D eigenvalue weighted by Gasteiger charge is 1.77. The molecule has 24 heavy (non-hydrogen) atoms. The molecule has 0 rings (SSSR count). The molecular weight excluding hydrogens is 338 g/mol. The third kappa shape index (κ3) is 197. The molecule has 1 amide bonds. The fourth-order valence-corrected chi connectivity index (χ4v) is 0. The lowest BCUT2D eigenvalue weighted by Crippen LogP contribution is -2.11.